The molecule has 1 aromatic carbocycles. The van der Waals surface area contributed by atoms with Gasteiger partial charge in [0, 0.05) is 18.8 Å². The van der Waals surface area contributed by atoms with E-state index in [0.717, 1.165) is 18.7 Å². The fourth-order valence-electron chi connectivity index (χ4n) is 3.17. The molecule has 5 heteroatoms. The van der Waals surface area contributed by atoms with Crippen LogP contribution in [-0.4, -0.2) is 29.0 Å². The fraction of sp³-hybridized carbons (Fsp3) is 0.421. The summed E-state index contributed by atoms with van der Waals surface area (Å²) in [6.45, 7) is 7.41. The Balaban J connectivity index is 1.73. The zero-order valence-electron chi connectivity index (χ0n) is 14.5. The van der Waals surface area contributed by atoms with E-state index in [0.29, 0.717) is 17.9 Å². The summed E-state index contributed by atoms with van der Waals surface area (Å²) in [4.78, 5) is 21.2. The molecule has 0 saturated carbocycles. The molecular weight excluding hydrogens is 300 g/mol. The third-order valence-electron chi connectivity index (χ3n) is 4.41. The molecule has 1 aromatic heterocycles. The Morgan fingerprint density at radius 1 is 1.38 bits per heavy atom. The minimum atomic E-state index is -0.108. The van der Waals surface area contributed by atoms with Gasteiger partial charge >= 0.3 is 0 Å². The lowest BCUT2D eigenvalue weighted by Gasteiger charge is -2.27. The van der Waals surface area contributed by atoms with Crippen LogP contribution in [0.1, 0.15) is 58.8 Å². The second-order valence-electron chi connectivity index (χ2n) is 6.54. The molecule has 0 radical (unpaired) electrons. The van der Waals surface area contributed by atoms with Crippen LogP contribution in [0.25, 0.3) is 0 Å². The van der Waals surface area contributed by atoms with Gasteiger partial charge in [-0.1, -0.05) is 38.1 Å². The van der Waals surface area contributed by atoms with Crippen LogP contribution >= 0.6 is 0 Å². The highest BCUT2D eigenvalue weighted by atomic mass is 16.1. The third kappa shape index (κ3) is 3.46. The number of amides is 1. The Bertz CT molecular complexity index is 742. The van der Waals surface area contributed by atoms with Crippen molar-refractivity contribution in [3.8, 4) is 0 Å². The lowest BCUT2D eigenvalue weighted by atomic mass is 9.94. The Morgan fingerprint density at radius 2 is 2.17 bits per heavy atom. The smallest absolute Gasteiger partial charge is 0.254 e. The Morgan fingerprint density at radius 3 is 2.96 bits per heavy atom. The highest BCUT2D eigenvalue weighted by Gasteiger charge is 2.21. The molecule has 1 amide bonds. The maximum absolute atomic E-state index is 12.6. The molecule has 0 bridgehead atoms. The number of carbonyl (C=O) groups excluding carboxylic acids is 1. The van der Waals surface area contributed by atoms with Gasteiger partial charge in [-0.25, -0.2) is 9.97 Å². The lowest BCUT2D eigenvalue weighted by Crippen LogP contribution is -2.39. The molecule has 0 fully saturated rings. The molecule has 1 atom stereocenters. The predicted molar refractivity (Wildman–Crippen MR) is 94.1 cm³/mol. The summed E-state index contributed by atoms with van der Waals surface area (Å²) < 4.78 is 0. The van der Waals surface area contributed by atoms with Gasteiger partial charge in [0.1, 0.15) is 5.82 Å². The Kier molecular flexibility index (Phi) is 4.90. The summed E-state index contributed by atoms with van der Waals surface area (Å²) in [7, 11) is 0. The van der Waals surface area contributed by atoms with E-state index in [1.165, 1.54) is 11.1 Å². The SMILES string of the molecule is Cc1ncc(C(=O)NCC2NCCc3ccccc32)c(C(C)C)n1. The summed E-state index contributed by atoms with van der Waals surface area (Å²) in [5, 5.41) is 6.53. The van der Waals surface area contributed by atoms with Crippen molar-refractivity contribution in [2.45, 2.75) is 39.2 Å². The van der Waals surface area contributed by atoms with Crippen molar-refractivity contribution in [1.29, 1.82) is 0 Å². The standard InChI is InChI=1S/C19H24N4O/c1-12(2)18-16(10-21-13(3)23-18)19(24)22-11-17-15-7-5-4-6-14(15)8-9-20-17/h4-7,10,12,17,20H,8-9,11H2,1-3H3,(H,22,24). The monoisotopic (exact) mass is 324 g/mol. The first-order valence-corrected chi connectivity index (χ1v) is 8.49. The minimum Gasteiger partial charge on any atom is -0.350 e. The van der Waals surface area contributed by atoms with Gasteiger partial charge in [0.2, 0.25) is 0 Å². The van der Waals surface area contributed by atoms with Gasteiger partial charge < -0.3 is 10.6 Å². The third-order valence-corrected chi connectivity index (χ3v) is 4.41. The van der Waals surface area contributed by atoms with E-state index < -0.39 is 0 Å². The normalized spacial score (nSPS) is 16.8. The quantitative estimate of drug-likeness (QED) is 0.907. The second kappa shape index (κ2) is 7.09. The molecule has 1 unspecified atom stereocenters. The Labute approximate surface area is 142 Å². The summed E-state index contributed by atoms with van der Waals surface area (Å²) in [6, 6.07) is 8.56. The van der Waals surface area contributed by atoms with Crippen LogP contribution in [0, 0.1) is 6.92 Å². The van der Waals surface area contributed by atoms with Crippen LogP contribution in [0.4, 0.5) is 0 Å². The van der Waals surface area contributed by atoms with Gasteiger partial charge in [-0.2, -0.15) is 0 Å². The highest BCUT2D eigenvalue weighted by Crippen LogP contribution is 2.22. The largest absolute Gasteiger partial charge is 0.350 e. The molecule has 24 heavy (non-hydrogen) atoms. The molecular formula is C19H24N4O. The molecule has 1 aliphatic rings. The number of carbonyl (C=O) groups is 1. The molecule has 0 aliphatic carbocycles. The molecule has 0 saturated heterocycles. The average Bonchev–Trinajstić information content (AvgIpc) is 2.59. The van der Waals surface area contributed by atoms with Crippen molar-refractivity contribution in [3.63, 3.8) is 0 Å². The van der Waals surface area contributed by atoms with Crippen molar-refractivity contribution < 1.29 is 4.79 Å². The molecule has 2 aromatic rings. The summed E-state index contributed by atoms with van der Waals surface area (Å²) in [5.41, 5.74) is 4.00. The number of benzene rings is 1. The van der Waals surface area contributed by atoms with Crippen LogP contribution in [-0.2, 0) is 6.42 Å². The topological polar surface area (TPSA) is 66.9 Å². The zero-order valence-corrected chi connectivity index (χ0v) is 14.5. The van der Waals surface area contributed by atoms with Gasteiger partial charge in [0.05, 0.1) is 11.3 Å². The van der Waals surface area contributed by atoms with E-state index in [2.05, 4.69) is 38.8 Å². The van der Waals surface area contributed by atoms with Gasteiger partial charge in [-0.15, -0.1) is 0 Å². The fourth-order valence-corrected chi connectivity index (χ4v) is 3.17. The maximum atomic E-state index is 12.6. The predicted octanol–water partition coefficient (Wildman–Crippen LogP) is 2.53. The first-order chi connectivity index (χ1) is 11.6. The molecule has 126 valence electrons. The van der Waals surface area contributed by atoms with Crippen LogP contribution in [0.3, 0.4) is 0 Å². The van der Waals surface area contributed by atoms with Gasteiger partial charge in [0.25, 0.3) is 5.91 Å². The lowest BCUT2D eigenvalue weighted by molar-refractivity contribution is 0.0947. The van der Waals surface area contributed by atoms with E-state index >= 15 is 0 Å². The van der Waals surface area contributed by atoms with Crippen molar-refractivity contribution >= 4 is 5.91 Å². The zero-order chi connectivity index (χ0) is 17.1. The number of nitrogens with zero attached hydrogens (tertiary/aromatic N) is 2. The Hall–Kier alpha value is -2.27. The van der Waals surface area contributed by atoms with E-state index in [-0.39, 0.29) is 17.9 Å². The van der Waals surface area contributed by atoms with E-state index in [1.54, 1.807) is 6.20 Å². The first kappa shape index (κ1) is 16.6. The van der Waals surface area contributed by atoms with Crippen molar-refractivity contribution in [2.24, 2.45) is 0 Å². The summed E-state index contributed by atoms with van der Waals surface area (Å²) in [5.74, 6) is 0.766. The van der Waals surface area contributed by atoms with Crippen molar-refractivity contribution in [3.05, 3.63) is 58.7 Å². The van der Waals surface area contributed by atoms with Gasteiger partial charge in [-0.3, -0.25) is 4.79 Å². The van der Waals surface area contributed by atoms with Gasteiger partial charge in [-0.05, 0) is 36.9 Å². The highest BCUT2D eigenvalue weighted by molar-refractivity contribution is 5.95. The number of aryl methyl sites for hydroxylation is 1. The van der Waals surface area contributed by atoms with E-state index in [4.69, 9.17) is 0 Å². The van der Waals surface area contributed by atoms with E-state index in [1.807, 2.05) is 26.8 Å². The summed E-state index contributed by atoms with van der Waals surface area (Å²) in [6.07, 6.45) is 2.67. The summed E-state index contributed by atoms with van der Waals surface area (Å²) >= 11 is 0. The van der Waals surface area contributed by atoms with Crippen molar-refractivity contribution in [2.75, 3.05) is 13.1 Å². The van der Waals surface area contributed by atoms with Crippen molar-refractivity contribution in [1.82, 2.24) is 20.6 Å². The maximum Gasteiger partial charge on any atom is 0.254 e. The number of rotatable bonds is 4. The molecule has 1 aliphatic heterocycles. The molecule has 0 spiro atoms. The van der Waals surface area contributed by atoms with Crippen LogP contribution in [0.2, 0.25) is 0 Å². The minimum absolute atomic E-state index is 0.108. The number of nitrogens with one attached hydrogen (secondary N) is 2. The van der Waals surface area contributed by atoms with Crippen LogP contribution < -0.4 is 10.6 Å². The van der Waals surface area contributed by atoms with Crippen LogP contribution in [0.5, 0.6) is 0 Å². The van der Waals surface area contributed by atoms with Gasteiger partial charge in [0.15, 0.2) is 0 Å². The molecule has 3 rings (SSSR count). The number of fused-ring (bicyclic) bond motifs is 1. The second-order valence-corrected chi connectivity index (χ2v) is 6.54. The molecule has 2 heterocycles. The molecule has 2 N–H and O–H groups in total. The number of hydrogen-bond donors (Lipinski definition) is 2. The number of hydrogen-bond acceptors (Lipinski definition) is 4. The molecule has 5 nitrogen and oxygen atoms in total. The number of aromatic nitrogens is 2. The van der Waals surface area contributed by atoms with E-state index in [9.17, 15) is 4.79 Å². The van der Waals surface area contributed by atoms with Crippen LogP contribution in [0.15, 0.2) is 30.5 Å². The average molecular weight is 324 g/mol. The first-order valence-electron chi connectivity index (χ1n) is 8.49.